The Bertz CT molecular complexity index is 345. The molecule has 1 saturated heterocycles. The number of nitrogens with zero attached hydrogens (tertiary/aromatic N) is 1. The average Bonchev–Trinajstić information content (AvgIpc) is 2.91. The van der Waals surface area contributed by atoms with E-state index in [9.17, 15) is 0 Å². The molecule has 2 heterocycles. The van der Waals surface area contributed by atoms with Crippen molar-refractivity contribution in [3.8, 4) is 0 Å². The Morgan fingerprint density at radius 2 is 2.29 bits per heavy atom. The fraction of sp³-hybridized carbons (Fsp3) is 0.714. The number of hydrogen-bond donors (Lipinski definition) is 1. The Morgan fingerprint density at radius 1 is 1.41 bits per heavy atom. The Hall–Kier alpha value is -0.380. The van der Waals surface area contributed by atoms with Gasteiger partial charge in [0.25, 0.3) is 0 Å². The third kappa shape index (κ3) is 2.90. The Kier molecular flexibility index (Phi) is 3.50. The van der Waals surface area contributed by atoms with Crippen molar-refractivity contribution < 1.29 is 0 Å². The summed E-state index contributed by atoms with van der Waals surface area (Å²) in [4.78, 5) is 2.70. The summed E-state index contributed by atoms with van der Waals surface area (Å²) in [5.41, 5.74) is 1.49. The standard InChI is InChI=1S/C14H22N2S/c1-11-4-6-15-14(11)9-16(13-2-3-13)8-12-5-7-17-10-12/h5,7,10-11,13-15H,2-4,6,8-9H2,1H3. The molecule has 1 aliphatic carbocycles. The summed E-state index contributed by atoms with van der Waals surface area (Å²) < 4.78 is 0. The van der Waals surface area contributed by atoms with Gasteiger partial charge in [-0.1, -0.05) is 6.92 Å². The van der Waals surface area contributed by atoms with Crippen LogP contribution in [-0.2, 0) is 6.54 Å². The van der Waals surface area contributed by atoms with Crippen molar-refractivity contribution in [2.24, 2.45) is 5.92 Å². The van der Waals surface area contributed by atoms with Crippen molar-refractivity contribution in [2.45, 2.75) is 44.8 Å². The van der Waals surface area contributed by atoms with Crippen LogP contribution in [0.15, 0.2) is 16.8 Å². The van der Waals surface area contributed by atoms with Crippen LogP contribution < -0.4 is 5.32 Å². The predicted molar refractivity (Wildman–Crippen MR) is 73.3 cm³/mol. The lowest BCUT2D eigenvalue weighted by Gasteiger charge is -2.27. The highest BCUT2D eigenvalue weighted by Crippen LogP contribution is 2.30. The molecule has 2 atom stereocenters. The largest absolute Gasteiger partial charge is 0.312 e. The molecular weight excluding hydrogens is 228 g/mol. The second-order valence-corrected chi connectivity index (χ2v) is 6.40. The van der Waals surface area contributed by atoms with Crippen molar-refractivity contribution in [3.63, 3.8) is 0 Å². The van der Waals surface area contributed by atoms with Crippen LogP contribution in [0.4, 0.5) is 0 Å². The summed E-state index contributed by atoms with van der Waals surface area (Å²) >= 11 is 1.81. The SMILES string of the molecule is CC1CCNC1CN(Cc1ccsc1)C1CC1. The van der Waals surface area contributed by atoms with E-state index < -0.39 is 0 Å². The van der Waals surface area contributed by atoms with Crippen LogP contribution in [0, 0.1) is 5.92 Å². The number of thiophene rings is 1. The minimum Gasteiger partial charge on any atom is -0.312 e. The van der Waals surface area contributed by atoms with E-state index in [4.69, 9.17) is 0 Å². The molecule has 2 fully saturated rings. The smallest absolute Gasteiger partial charge is 0.0245 e. The van der Waals surface area contributed by atoms with E-state index >= 15 is 0 Å². The first-order valence-corrected chi connectivity index (χ1v) is 7.76. The molecule has 1 aromatic heterocycles. The molecule has 0 bridgehead atoms. The molecule has 2 aliphatic rings. The number of hydrogen-bond acceptors (Lipinski definition) is 3. The van der Waals surface area contributed by atoms with Gasteiger partial charge in [0.05, 0.1) is 0 Å². The van der Waals surface area contributed by atoms with Crippen molar-refractivity contribution in [1.82, 2.24) is 10.2 Å². The molecule has 0 amide bonds. The third-order valence-electron chi connectivity index (χ3n) is 4.15. The predicted octanol–water partition coefficient (Wildman–Crippen LogP) is 2.71. The lowest BCUT2D eigenvalue weighted by atomic mass is 10.0. The van der Waals surface area contributed by atoms with Gasteiger partial charge in [0.1, 0.15) is 0 Å². The molecule has 1 saturated carbocycles. The molecule has 3 heteroatoms. The summed E-state index contributed by atoms with van der Waals surface area (Å²) in [7, 11) is 0. The van der Waals surface area contributed by atoms with Crippen LogP contribution in [0.5, 0.6) is 0 Å². The quantitative estimate of drug-likeness (QED) is 0.864. The first-order valence-electron chi connectivity index (χ1n) is 6.81. The van der Waals surface area contributed by atoms with Gasteiger partial charge in [0.2, 0.25) is 0 Å². The van der Waals surface area contributed by atoms with Gasteiger partial charge in [0.15, 0.2) is 0 Å². The minimum absolute atomic E-state index is 0.717. The van der Waals surface area contributed by atoms with Crippen LogP contribution in [0.25, 0.3) is 0 Å². The lowest BCUT2D eigenvalue weighted by Crippen LogP contribution is -2.40. The molecule has 94 valence electrons. The maximum atomic E-state index is 3.66. The summed E-state index contributed by atoms with van der Waals surface area (Å²) in [6, 6.07) is 3.85. The van der Waals surface area contributed by atoms with Crippen LogP contribution in [0.1, 0.15) is 31.7 Å². The zero-order valence-corrected chi connectivity index (χ0v) is 11.4. The second-order valence-electron chi connectivity index (χ2n) is 5.62. The van der Waals surface area contributed by atoms with E-state index in [2.05, 4.69) is 34.0 Å². The van der Waals surface area contributed by atoms with Gasteiger partial charge in [-0.3, -0.25) is 4.90 Å². The molecule has 2 unspecified atom stereocenters. The maximum absolute atomic E-state index is 3.66. The molecule has 17 heavy (non-hydrogen) atoms. The summed E-state index contributed by atoms with van der Waals surface area (Å²) in [5.74, 6) is 0.846. The third-order valence-corrected chi connectivity index (χ3v) is 4.89. The molecule has 0 radical (unpaired) electrons. The van der Waals surface area contributed by atoms with E-state index in [1.807, 2.05) is 11.3 Å². The van der Waals surface area contributed by atoms with E-state index in [0.717, 1.165) is 18.5 Å². The van der Waals surface area contributed by atoms with Crippen molar-refractivity contribution >= 4 is 11.3 Å². The summed E-state index contributed by atoms with van der Waals surface area (Å²) in [6.45, 7) is 5.99. The zero-order valence-electron chi connectivity index (χ0n) is 10.6. The summed E-state index contributed by atoms with van der Waals surface area (Å²) in [5, 5.41) is 8.14. The minimum atomic E-state index is 0.717. The number of nitrogens with one attached hydrogen (secondary N) is 1. The Balaban J connectivity index is 1.60. The van der Waals surface area contributed by atoms with Gasteiger partial charge in [-0.05, 0) is 54.1 Å². The van der Waals surface area contributed by atoms with Gasteiger partial charge in [-0.15, -0.1) is 0 Å². The normalized spacial score (nSPS) is 29.1. The molecule has 2 nitrogen and oxygen atoms in total. The van der Waals surface area contributed by atoms with E-state index in [0.29, 0.717) is 6.04 Å². The molecule has 1 aromatic rings. The second kappa shape index (κ2) is 5.09. The first kappa shape index (κ1) is 11.7. The van der Waals surface area contributed by atoms with Crippen molar-refractivity contribution in [3.05, 3.63) is 22.4 Å². The molecule has 0 aromatic carbocycles. The van der Waals surface area contributed by atoms with Gasteiger partial charge in [-0.25, -0.2) is 0 Å². The Labute approximate surface area is 108 Å². The van der Waals surface area contributed by atoms with Gasteiger partial charge in [-0.2, -0.15) is 11.3 Å². The Morgan fingerprint density at radius 3 is 2.88 bits per heavy atom. The molecule has 0 spiro atoms. The zero-order chi connectivity index (χ0) is 11.7. The molecule has 3 rings (SSSR count). The lowest BCUT2D eigenvalue weighted by molar-refractivity contribution is 0.217. The highest BCUT2D eigenvalue weighted by molar-refractivity contribution is 7.07. The fourth-order valence-electron chi connectivity index (χ4n) is 2.80. The molecule has 1 N–H and O–H groups in total. The summed E-state index contributed by atoms with van der Waals surface area (Å²) in [6.07, 6.45) is 4.16. The molecular formula is C14H22N2S. The fourth-order valence-corrected chi connectivity index (χ4v) is 3.46. The van der Waals surface area contributed by atoms with Crippen LogP contribution >= 0.6 is 11.3 Å². The van der Waals surface area contributed by atoms with Gasteiger partial charge >= 0.3 is 0 Å². The van der Waals surface area contributed by atoms with Crippen LogP contribution in [0.2, 0.25) is 0 Å². The molecule has 1 aliphatic heterocycles. The van der Waals surface area contributed by atoms with Gasteiger partial charge in [0, 0.05) is 25.2 Å². The van der Waals surface area contributed by atoms with E-state index in [1.54, 1.807) is 0 Å². The topological polar surface area (TPSA) is 15.3 Å². The van der Waals surface area contributed by atoms with E-state index in [-0.39, 0.29) is 0 Å². The number of rotatable bonds is 5. The van der Waals surface area contributed by atoms with Crippen molar-refractivity contribution in [1.29, 1.82) is 0 Å². The first-order chi connectivity index (χ1) is 8.33. The van der Waals surface area contributed by atoms with Crippen LogP contribution in [-0.4, -0.2) is 30.1 Å². The maximum Gasteiger partial charge on any atom is 0.0245 e. The van der Waals surface area contributed by atoms with Crippen LogP contribution in [0.3, 0.4) is 0 Å². The van der Waals surface area contributed by atoms with Crippen molar-refractivity contribution in [2.75, 3.05) is 13.1 Å². The van der Waals surface area contributed by atoms with E-state index in [1.165, 1.54) is 37.9 Å². The monoisotopic (exact) mass is 250 g/mol. The highest BCUT2D eigenvalue weighted by atomic mass is 32.1. The highest BCUT2D eigenvalue weighted by Gasteiger charge is 2.33. The van der Waals surface area contributed by atoms with Gasteiger partial charge < -0.3 is 5.32 Å². The average molecular weight is 250 g/mol.